The fourth-order valence-electron chi connectivity index (χ4n) is 7.71. The highest BCUT2D eigenvalue weighted by atomic mass is 14.7. The maximum absolute atomic E-state index is 6.13. The molecule has 142 valence electrons. The Kier molecular flexibility index (Phi) is 4.80. The molecule has 3 fully saturated rings. The van der Waals surface area contributed by atoms with Gasteiger partial charge < -0.3 is 5.73 Å². The Bertz CT molecular complexity index is 653. The maximum atomic E-state index is 6.13. The van der Waals surface area contributed by atoms with Crippen molar-refractivity contribution < 1.29 is 0 Å². The molecule has 0 heterocycles. The third-order valence-electron chi connectivity index (χ3n) is 8.86. The first kappa shape index (κ1) is 18.3. The number of allylic oxidation sites excluding steroid dienone is 5. The van der Waals surface area contributed by atoms with Gasteiger partial charge in [-0.15, -0.1) is 0 Å². The second-order valence-electron chi connectivity index (χ2n) is 9.58. The van der Waals surface area contributed by atoms with Crippen LogP contribution in [0, 0.1) is 40.9 Å². The van der Waals surface area contributed by atoms with Crippen molar-refractivity contribution in [3.05, 3.63) is 48.1 Å². The molecule has 0 saturated heterocycles. The van der Waals surface area contributed by atoms with Crippen molar-refractivity contribution in [3.63, 3.8) is 0 Å². The van der Waals surface area contributed by atoms with Gasteiger partial charge in [0.25, 0.3) is 0 Å². The summed E-state index contributed by atoms with van der Waals surface area (Å²) in [5, 5.41) is 0. The van der Waals surface area contributed by atoms with E-state index < -0.39 is 0 Å². The Morgan fingerprint density at radius 2 is 2.08 bits per heavy atom. The molecule has 4 aliphatic carbocycles. The van der Waals surface area contributed by atoms with Gasteiger partial charge in [0.2, 0.25) is 0 Å². The first-order valence-electron chi connectivity index (χ1n) is 11.0. The summed E-state index contributed by atoms with van der Waals surface area (Å²) in [7, 11) is 0. The molecule has 7 atom stereocenters. The number of fused-ring (bicyclic) bond motifs is 3. The molecule has 0 aliphatic heterocycles. The van der Waals surface area contributed by atoms with Gasteiger partial charge in [-0.05, 0) is 79.1 Å². The van der Waals surface area contributed by atoms with Crippen LogP contribution in [0.15, 0.2) is 48.1 Å². The Morgan fingerprint density at radius 1 is 1.27 bits per heavy atom. The van der Waals surface area contributed by atoms with E-state index in [9.17, 15) is 0 Å². The highest BCUT2D eigenvalue weighted by Gasteiger charge is 2.60. The minimum absolute atomic E-state index is 0.388. The topological polar surface area (TPSA) is 26.0 Å². The van der Waals surface area contributed by atoms with Crippen molar-refractivity contribution in [2.24, 2.45) is 46.7 Å². The number of rotatable bonds is 4. The van der Waals surface area contributed by atoms with E-state index in [1.807, 2.05) is 0 Å². The van der Waals surface area contributed by atoms with Crippen LogP contribution in [0.25, 0.3) is 0 Å². The summed E-state index contributed by atoms with van der Waals surface area (Å²) in [5.41, 5.74) is 10.7. The quantitative estimate of drug-likeness (QED) is 0.613. The molecule has 0 spiro atoms. The molecule has 0 bridgehead atoms. The fourth-order valence-corrected chi connectivity index (χ4v) is 7.71. The van der Waals surface area contributed by atoms with E-state index >= 15 is 0 Å². The van der Waals surface area contributed by atoms with Gasteiger partial charge in [0, 0.05) is 12.5 Å². The number of hydrogen-bond acceptors (Lipinski definition) is 1. The molecule has 1 nitrogen and oxygen atoms in total. The molecular weight excluding hydrogens is 314 g/mol. The molecule has 0 aromatic rings. The molecule has 2 N–H and O–H groups in total. The van der Waals surface area contributed by atoms with Crippen LogP contribution < -0.4 is 5.73 Å². The Hall–Kier alpha value is -1.08. The normalized spacial score (nSPS) is 44.6. The predicted molar refractivity (Wildman–Crippen MR) is 112 cm³/mol. The molecule has 0 aromatic heterocycles. The van der Waals surface area contributed by atoms with Gasteiger partial charge in [-0.2, -0.15) is 0 Å². The van der Waals surface area contributed by atoms with E-state index in [0.29, 0.717) is 17.9 Å². The van der Waals surface area contributed by atoms with Gasteiger partial charge in [0.05, 0.1) is 0 Å². The lowest BCUT2D eigenvalue weighted by molar-refractivity contribution is 0.0595. The molecule has 0 aromatic carbocycles. The minimum atomic E-state index is 0.388. The van der Waals surface area contributed by atoms with Gasteiger partial charge in [-0.25, -0.2) is 0 Å². The van der Waals surface area contributed by atoms with E-state index in [4.69, 9.17) is 5.73 Å². The SMILES string of the molecule is C=C1C=CC(C2CCC3C(CC4CCCC43C(=C)CN)C2C)C(CC)=C1. The van der Waals surface area contributed by atoms with Crippen LogP contribution in [0.2, 0.25) is 0 Å². The third kappa shape index (κ3) is 2.53. The zero-order valence-electron chi connectivity index (χ0n) is 16.8. The van der Waals surface area contributed by atoms with E-state index in [-0.39, 0.29) is 0 Å². The van der Waals surface area contributed by atoms with Gasteiger partial charge in [-0.3, -0.25) is 0 Å². The zero-order valence-corrected chi connectivity index (χ0v) is 16.8. The van der Waals surface area contributed by atoms with E-state index in [1.54, 1.807) is 5.57 Å². The molecule has 26 heavy (non-hydrogen) atoms. The lowest BCUT2D eigenvalue weighted by atomic mass is 9.57. The van der Waals surface area contributed by atoms with Crippen LogP contribution in [0.3, 0.4) is 0 Å². The second-order valence-corrected chi connectivity index (χ2v) is 9.58. The van der Waals surface area contributed by atoms with Crippen molar-refractivity contribution in [2.45, 2.75) is 58.8 Å². The molecule has 4 aliphatic rings. The van der Waals surface area contributed by atoms with Crippen LogP contribution in [0.4, 0.5) is 0 Å². The molecule has 0 radical (unpaired) electrons. The van der Waals surface area contributed by atoms with Crippen molar-refractivity contribution in [3.8, 4) is 0 Å². The van der Waals surface area contributed by atoms with Crippen LogP contribution >= 0.6 is 0 Å². The Balaban J connectivity index is 1.60. The highest BCUT2D eigenvalue weighted by Crippen LogP contribution is 2.68. The van der Waals surface area contributed by atoms with Crippen molar-refractivity contribution in [1.82, 2.24) is 0 Å². The van der Waals surface area contributed by atoms with Crippen LogP contribution in [-0.4, -0.2) is 6.54 Å². The second kappa shape index (κ2) is 6.82. The van der Waals surface area contributed by atoms with Crippen LogP contribution in [-0.2, 0) is 0 Å². The monoisotopic (exact) mass is 351 g/mol. The largest absolute Gasteiger partial charge is 0.327 e. The summed E-state index contributed by atoms with van der Waals surface area (Å²) in [6.07, 6.45) is 16.6. The Morgan fingerprint density at radius 3 is 2.81 bits per heavy atom. The maximum Gasteiger partial charge on any atom is 0.0139 e. The van der Waals surface area contributed by atoms with E-state index in [0.717, 1.165) is 36.0 Å². The van der Waals surface area contributed by atoms with E-state index in [2.05, 4.69) is 45.2 Å². The summed E-state index contributed by atoms with van der Waals surface area (Å²) in [6, 6.07) is 0. The first-order chi connectivity index (χ1) is 12.5. The predicted octanol–water partition coefficient (Wildman–Crippen LogP) is 6.05. The minimum Gasteiger partial charge on any atom is -0.327 e. The molecular formula is C25H37N. The zero-order chi connectivity index (χ0) is 18.5. The van der Waals surface area contributed by atoms with Gasteiger partial charge in [-0.1, -0.05) is 62.8 Å². The van der Waals surface area contributed by atoms with Gasteiger partial charge in [0.15, 0.2) is 0 Å². The molecule has 0 amide bonds. The van der Waals surface area contributed by atoms with Crippen LogP contribution in [0.1, 0.15) is 58.8 Å². The fraction of sp³-hybridized carbons (Fsp3) is 0.680. The lowest BCUT2D eigenvalue weighted by Gasteiger charge is -2.47. The average Bonchev–Trinajstić information content (AvgIpc) is 3.19. The van der Waals surface area contributed by atoms with Crippen molar-refractivity contribution >= 4 is 0 Å². The first-order valence-corrected chi connectivity index (χ1v) is 11.0. The highest BCUT2D eigenvalue weighted by molar-refractivity contribution is 5.39. The lowest BCUT2D eigenvalue weighted by Crippen LogP contribution is -2.41. The summed E-state index contributed by atoms with van der Waals surface area (Å²) in [4.78, 5) is 0. The molecule has 1 heteroatoms. The van der Waals surface area contributed by atoms with Crippen molar-refractivity contribution in [1.29, 1.82) is 0 Å². The molecule has 7 unspecified atom stereocenters. The molecule has 3 saturated carbocycles. The summed E-state index contributed by atoms with van der Waals surface area (Å²) in [5.74, 6) is 4.81. The third-order valence-corrected chi connectivity index (χ3v) is 8.86. The van der Waals surface area contributed by atoms with Gasteiger partial charge >= 0.3 is 0 Å². The standard InChI is InChI=1S/C25H37N/c1-5-19-13-16(2)8-9-22(19)21-10-11-24-23(18(21)4)14-20-7-6-12-25(20,24)17(3)15-26/h8-9,13,18,20-24H,2-3,5-7,10-12,14-15,26H2,1,4H3. The molecule has 4 rings (SSSR count). The van der Waals surface area contributed by atoms with Crippen LogP contribution in [0.5, 0.6) is 0 Å². The smallest absolute Gasteiger partial charge is 0.0139 e. The number of hydrogen-bond donors (Lipinski definition) is 1. The van der Waals surface area contributed by atoms with Gasteiger partial charge in [0.1, 0.15) is 0 Å². The van der Waals surface area contributed by atoms with Crippen molar-refractivity contribution in [2.75, 3.05) is 6.54 Å². The number of nitrogens with two attached hydrogens (primary N) is 1. The summed E-state index contributed by atoms with van der Waals surface area (Å²) >= 11 is 0. The average molecular weight is 352 g/mol. The summed E-state index contributed by atoms with van der Waals surface area (Å²) in [6.45, 7) is 14.2. The van der Waals surface area contributed by atoms with E-state index in [1.165, 1.54) is 49.7 Å². The Labute approximate surface area is 160 Å². The summed E-state index contributed by atoms with van der Waals surface area (Å²) < 4.78 is 0.